The lowest BCUT2D eigenvalue weighted by Gasteiger charge is -2.30. The molecule has 1 aliphatic heterocycles. The van der Waals surface area contributed by atoms with Gasteiger partial charge in [0.2, 0.25) is 9.84 Å². The number of unbranched alkanes of at least 4 members (excludes halogenated alkanes) is 1. The van der Waals surface area contributed by atoms with Crippen molar-refractivity contribution in [2.75, 3.05) is 11.4 Å². The quantitative estimate of drug-likeness (QED) is 0.135. The van der Waals surface area contributed by atoms with E-state index in [1.54, 1.807) is 24.3 Å². The summed E-state index contributed by atoms with van der Waals surface area (Å²) >= 11 is 0. The summed E-state index contributed by atoms with van der Waals surface area (Å²) < 4.78 is 29.2. The van der Waals surface area contributed by atoms with E-state index < -0.39 is 9.84 Å². The summed E-state index contributed by atoms with van der Waals surface area (Å²) in [6, 6.07) is 34.8. The van der Waals surface area contributed by atoms with Crippen LogP contribution in [0.2, 0.25) is 0 Å². The number of hydrogen-bond acceptors (Lipinski definition) is 3. The van der Waals surface area contributed by atoms with Gasteiger partial charge in [0, 0.05) is 28.8 Å². The zero-order valence-electron chi connectivity index (χ0n) is 32.0. The fourth-order valence-electron chi connectivity index (χ4n) is 8.64. The Bertz CT molecular complexity index is 2470. The minimum absolute atomic E-state index is 0.270. The molecule has 0 N–H and O–H groups in total. The second kappa shape index (κ2) is 14.1. The third kappa shape index (κ3) is 6.42. The second-order valence-electron chi connectivity index (χ2n) is 15.7. The van der Waals surface area contributed by atoms with Gasteiger partial charge in [-0.2, -0.15) is 0 Å². The average Bonchev–Trinajstić information content (AvgIpc) is 3.67. The molecule has 0 amide bonds. The Hall–Kier alpha value is -4.93. The van der Waals surface area contributed by atoms with Gasteiger partial charge in [-0.3, -0.25) is 0 Å². The summed E-state index contributed by atoms with van der Waals surface area (Å²) in [6.45, 7) is 18.9. The van der Waals surface area contributed by atoms with E-state index in [0.717, 1.165) is 36.1 Å². The maximum Gasteiger partial charge on any atom is 0.207 e. The SMILES string of the molecule is C=C(/C=C/C1=C(S(=O)(=O)c2ccccc2)C(=C/C=C2/N(CCCC)c3ccc4ccccc4c3C2(C)C)/CC1)C(C)(C)c1c(C)ccc2ccccc12. The number of allylic oxidation sites excluding steroid dienone is 8. The molecule has 0 unspecified atom stereocenters. The first kappa shape index (κ1) is 36.4. The molecular weight excluding hydrogens is 667 g/mol. The first-order chi connectivity index (χ1) is 25.4. The van der Waals surface area contributed by atoms with Crippen LogP contribution < -0.4 is 4.90 Å². The van der Waals surface area contributed by atoms with Gasteiger partial charge in [-0.15, -0.1) is 0 Å². The van der Waals surface area contributed by atoms with E-state index in [4.69, 9.17) is 0 Å². The largest absolute Gasteiger partial charge is 0.344 e. The predicted octanol–water partition coefficient (Wildman–Crippen LogP) is 12.6. The fraction of sp³-hybridized carbons (Fsp3) is 0.265. The minimum Gasteiger partial charge on any atom is -0.344 e. The van der Waals surface area contributed by atoms with E-state index in [9.17, 15) is 8.42 Å². The molecule has 5 aromatic carbocycles. The highest BCUT2D eigenvalue weighted by Gasteiger charge is 2.41. The van der Waals surface area contributed by atoms with Gasteiger partial charge >= 0.3 is 0 Å². The lowest BCUT2D eigenvalue weighted by Crippen LogP contribution is -2.27. The standard InChI is InChI=1S/C49H51NO2S/c1-8-9-33-50-43-31-29-37-18-14-16-22-42(37)46(43)49(6,7)44(50)32-30-39-28-27-38(47(39)53(51,52)40-19-11-10-12-20-40)26-24-35(3)48(4,5)45-34(2)23-25-36-17-13-15-21-41(36)45/h10-26,29-32H,3,8-9,27-28,33H2,1-2,4-7H3/b26-24+,39-30+,44-32+. The maximum absolute atomic E-state index is 14.6. The van der Waals surface area contributed by atoms with E-state index in [1.807, 2.05) is 18.2 Å². The van der Waals surface area contributed by atoms with Crippen molar-refractivity contribution < 1.29 is 8.42 Å². The summed E-state index contributed by atoms with van der Waals surface area (Å²) in [4.78, 5) is 3.20. The van der Waals surface area contributed by atoms with Gasteiger partial charge in [-0.05, 0) is 105 Å². The molecule has 0 bridgehead atoms. The number of hydrogen-bond donors (Lipinski definition) is 0. The van der Waals surface area contributed by atoms with E-state index in [1.165, 1.54) is 49.6 Å². The van der Waals surface area contributed by atoms with Crippen molar-refractivity contribution in [3.8, 4) is 0 Å². The van der Waals surface area contributed by atoms with Crippen LogP contribution in [0.3, 0.4) is 0 Å². The average molecular weight is 718 g/mol. The Morgan fingerprint density at radius 1 is 0.830 bits per heavy atom. The van der Waals surface area contributed by atoms with Gasteiger partial charge in [-0.1, -0.05) is 151 Å². The third-order valence-electron chi connectivity index (χ3n) is 11.6. The number of aryl methyl sites for hydroxylation is 1. The van der Waals surface area contributed by atoms with Crippen molar-refractivity contribution in [2.24, 2.45) is 0 Å². The molecule has 0 saturated carbocycles. The molecular formula is C49H51NO2S. The molecule has 4 heteroatoms. The molecule has 0 radical (unpaired) electrons. The second-order valence-corrected chi connectivity index (χ2v) is 17.6. The van der Waals surface area contributed by atoms with Crippen LogP contribution in [-0.4, -0.2) is 15.0 Å². The van der Waals surface area contributed by atoms with E-state index in [2.05, 4.69) is 138 Å². The van der Waals surface area contributed by atoms with Crippen molar-refractivity contribution in [3.63, 3.8) is 0 Å². The Kier molecular flexibility index (Phi) is 9.72. The van der Waals surface area contributed by atoms with Gasteiger partial charge in [0.15, 0.2) is 0 Å². The van der Waals surface area contributed by atoms with Crippen LogP contribution in [0.4, 0.5) is 5.69 Å². The molecule has 3 nitrogen and oxygen atoms in total. The van der Waals surface area contributed by atoms with Crippen LogP contribution >= 0.6 is 0 Å². The topological polar surface area (TPSA) is 37.4 Å². The summed E-state index contributed by atoms with van der Waals surface area (Å²) in [7, 11) is -3.81. The van der Waals surface area contributed by atoms with Crippen molar-refractivity contribution in [3.05, 3.63) is 178 Å². The number of nitrogens with zero attached hydrogens (tertiary/aromatic N) is 1. The summed E-state index contributed by atoms with van der Waals surface area (Å²) in [5.41, 5.74) is 8.21. The lowest BCUT2D eigenvalue weighted by atomic mass is 9.74. The number of sulfone groups is 1. The van der Waals surface area contributed by atoms with Crippen LogP contribution in [0.1, 0.15) is 77.0 Å². The Labute approximate surface area is 316 Å². The minimum atomic E-state index is -3.81. The first-order valence-electron chi connectivity index (χ1n) is 19.0. The highest BCUT2D eigenvalue weighted by molar-refractivity contribution is 7.95. The van der Waals surface area contributed by atoms with Gasteiger partial charge in [0.05, 0.1) is 9.80 Å². The van der Waals surface area contributed by atoms with E-state index in [-0.39, 0.29) is 10.8 Å². The van der Waals surface area contributed by atoms with Gasteiger partial charge in [-0.25, -0.2) is 8.42 Å². The highest BCUT2D eigenvalue weighted by Crippen LogP contribution is 2.51. The molecule has 53 heavy (non-hydrogen) atoms. The van der Waals surface area contributed by atoms with Crippen molar-refractivity contribution in [2.45, 2.75) is 83.0 Å². The van der Waals surface area contributed by atoms with Crippen LogP contribution in [0.15, 0.2) is 166 Å². The summed E-state index contributed by atoms with van der Waals surface area (Å²) in [5, 5.41) is 4.93. The molecule has 0 atom stereocenters. The fourth-order valence-corrected chi connectivity index (χ4v) is 10.4. The predicted molar refractivity (Wildman–Crippen MR) is 225 cm³/mol. The first-order valence-corrected chi connectivity index (χ1v) is 20.5. The number of benzene rings is 5. The normalized spacial score (nSPS) is 17.6. The molecule has 0 aromatic heterocycles. The zero-order valence-corrected chi connectivity index (χ0v) is 32.9. The number of rotatable bonds is 10. The Balaban J connectivity index is 1.33. The summed E-state index contributed by atoms with van der Waals surface area (Å²) in [5.74, 6) is 0. The maximum atomic E-state index is 14.6. The number of anilines is 1. The van der Waals surface area contributed by atoms with Crippen molar-refractivity contribution in [1.82, 2.24) is 0 Å². The monoisotopic (exact) mass is 717 g/mol. The van der Waals surface area contributed by atoms with Gasteiger partial charge in [0.25, 0.3) is 0 Å². The van der Waals surface area contributed by atoms with Gasteiger partial charge < -0.3 is 4.90 Å². The smallest absolute Gasteiger partial charge is 0.207 e. The van der Waals surface area contributed by atoms with Crippen LogP contribution in [0.5, 0.6) is 0 Å². The third-order valence-corrected chi connectivity index (χ3v) is 13.5. The summed E-state index contributed by atoms with van der Waals surface area (Å²) in [6.07, 6.45) is 11.8. The molecule has 270 valence electrons. The Morgan fingerprint density at radius 2 is 1.47 bits per heavy atom. The lowest BCUT2D eigenvalue weighted by molar-refractivity contribution is 0.602. The molecule has 0 fully saturated rings. The van der Waals surface area contributed by atoms with E-state index in [0.29, 0.717) is 22.6 Å². The molecule has 0 spiro atoms. The molecule has 2 aliphatic rings. The molecule has 0 saturated heterocycles. The highest BCUT2D eigenvalue weighted by atomic mass is 32.2. The molecule has 5 aromatic rings. The molecule has 7 rings (SSSR count). The van der Waals surface area contributed by atoms with Crippen molar-refractivity contribution in [1.29, 1.82) is 0 Å². The zero-order chi connectivity index (χ0) is 37.5. The molecule has 1 aliphatic carbocycles. The Morgan fingerprint density at radius 3 is 2.19 bits per heavy atom. The molecule has 1 heterocycles. The number of fused-ring (bicyclic) bond motifs is 4. The van der Waals surface area contributed by atoms with Crippen LogP contribution in [0.25, 0.3) is 21.5 Å². The van der Waals surface area contributed by atoms with E-state index >= 15 is 0 Å². The van der Waals surface area contributed by atoms with Crippen LogP contribution in [-0.2, 0) is 20.7 Å². The van der Waals surface area contributed by atoms with Gasteiger partial charge in [0.1, 0.15) is 0 Å². The van der Waals surface area contributed by atoms with Crippen molar-refractivity contribution >= 4 is 37.1 Å². The van der Waals surface area contributed by atoms with Crippen LogP contribution in [0, 0.1) is 6.92 Å².